The lowest BCUT2D eigenvalue weighted by molar-refractivity contribution is 0.102. The van der Waals surface area contributed by atoms with Crippen LogP contribution in [-0.2, 0) is 0 Å². The van der Waals surface area contributed by atoms with Crippen molar-refractivity contribution in [2.24, 2.45) is 0 Å². The highest BCUT2D eigenvalue weighted by Crippen LogP contribution is 2.31. The molecular formula is C20H17N3O2S. The van der Waals surface area contributed by atoms with Crippen LogP contribution in [0, 0.1) is 20.8 Å². The van der Waals surface area contributed by atoms with E-state index < -0.39 is 0 Å². The molecule has 4 aromatic rings. The third-order valence-corrected chi connectivity index (χ3v) is 5.27. The van der Waals surface area contributed by atoms with Gasteiger partial charge in [0, 0.05) is 10.6 Å². The maximum atomic E-state index is 13.0. The van der Waals surface area contributed by atoms with Crippen molar-refractivity contribution in [2.75, 3.05) is 5.32 Å². The van der Waals surface area contributed by atoms with Crippen LogP contribution in [0.1, 0.15) is 26.5 Å². The Morgan fingerprint density at radius 2 is 1.92 bits per heavy atom. The van der Waals surface area contributed by atoms with E-state index in [4.69, 9.17) is 4.52 Å². The first-order chi connectivity index (χ1) is 12.5. The van der Waals surface area contributed by atoms with Crippen LogP contribution in [0.3, 0.4) is 0 Å². The first kappa shape index (κ1) is 16.5. The second-order valence-corrected chi connectivity index (χ2v) is 7.47. The van der Waals surface area contributed by atoms with Gasteiger partial charge in [0.2, 0.25) is 0 Å². The van der Waals surface area contributed by atoms with Crippen molar-refractivity contribution in [2.45, 2.75) is 20.8 Å². The number of benzene rings is 1. The van der Waals surface area contributed by atoms with Crippen molar-refractivity contribution < 1.29 is 9.32 Å². The van der Waals surface area contributed by atoms with E-state index in [1.807, 2.05) is 63.2 Å². The van der Waals surface area contributed by atoms with Gasteiger partial charge < -0.3 is 9.84 Å². The summed E-state index contributed by atoms with van der Waals surface area (Å²) in [5, 5.41) is 7.62. The molecule has 0 fully saturated rings. The molecule has 0 saturated carbocycles. The summed E-state index contributed by atoms with van der Waals surface area (Å²) < 4.78 is 5.35. The number of aromatic nitrogens is 2. The van der Waals surface area contributed by atoms with E-state index in [0.29, 0.717) is 28.1 Å². The van der Waals surface area contributed by atoms with Gasteiger partial charge in [-0.2, -0.15) is 0 Å². The molecule has 0 unspecified atom stereocenters. The largest absolute Gasteiger partial charge is 0.335 e. The highest BCUT2D eigenvalue weighted by Gasteiger charge is 2.20. The number of nitrogens with zero attached hydrogens (tertiary/aromatic N) is 2. The lowest BCUT2D eigenvalue weighted by Crippen LogP contribution is -2.13. The standard InChI is InChI=1S/C20H17N3O2S/c1-11-6-4-5-7-15(11)21-19(24)14-10-16(17-9-8-12(2)26-17)22-20-18(14)13(3)23-25-20/h4-10H,1-3H3,(H,21,24). The first-order valence-corrected chi connectivity index (χ1v) is 9.05. The summed E-state index contributed by atoms with van der Waals surface area (Å²) in [4.78, 5) is 19.7. The van der Waals surface area contributed by atoms with E-state index in [-0.39, 0.29) is 5.91 Å². The maximum absolute atomic E-state index is 13.0. The Bertz CT molecular complexity index is 1130. The topological polar surface area (TPSA) is 68.0 Å². The summed E-state index contributed by atoms with van der Waals surface area (Å²) in [6, 6.07) is 13.5. The van der Waals surface area contributed by atoms with Crippen molar-refractivity contribution >= 4 is 34.0 Å². The summed E-state index contributed by atoms with van der Waals surface area (Å²) in [5.41, 5.74) is 4.03. The summed E-state index contributed by atoms with van der Waals surface area (Å²) >= 11 is 1.63. The molecule has 130 valence electrons. The molecule has 3 aromatic heterocycles. The number of anilines is 1. The van der Waals surface area contributed by atoms with Gasteiger partial charge in [0.05, 0.1) is 27.2 Å². The van der Waals surface area contributed by atoms with E-state index >= 15 is 0 Å². The number of hydrogen-bond acceptors (Lipinski definition) is 5. The maximum Gasteiger partial charge on any atom is 0.259 e. The summed E-state index contributed by atoms with van der Waals surface area (Å²) in [5.74, 6) is -0.201. The van der Waals surface area contributed by atoms with E-state index in [1.54, 1.807) is 11.3 Å². The molecule has 0 saturated heterocycles. The number of pyridine rings is 1. The fourth-order valence-corrected chi connectivity index (χ4v) is 3.70. The quantitative estimate of drug-likeness (QED) is 0.548. The molecule has 0 aliphatic heterocycles. The number of carbonyl (C=O) groups is 1. The molecule has 0 aliphatic carbocycles. The van der Waals surface area contributed by atoms with Gasteiger partial charge in [-0.15, -0.1) is 11.3 Å². The molecule has 5 nitrogen and oxygen atoms in total. The number of para-hydroxylation sites is 1. The van der Waals surface area contributed by atoms with Gasteiger partial charge in [0.1, 0.15) is 0 Å². The summed E-state index contributed by atoms with van der Waals surface area (Å²) in [6.45, 7) is 5.81. The molecule has 0 atom stereocenters. The van der Waals surface area contributed by atoms with Gasteiger partial charge in [-0.25, -0.2) is 4.98 Å². The van der Waals surface area contributed by atoms with Crippen LogP contribution in [0.25, 0.3) is 21.7 Å². The molecule has 4 rings (SSSR count). The number of nitrogens with one attached hydrogen (secondary N) is 1. The Morgan fingerprint density at radius 1 is 1.12 bits per heavy atom. The van der Waals surface area contributed by atoms with E-state index in [9.17, 15) is 4.79 Å². The minimum absolute atomic E-state index is 0.201. The zero-order valence-corrected chi connectivity index (χ0v) is 15.5. The number of fused-ring (bicyclic) bond motifs is 1. The highest BCUT2D eigenvalue weighted by molar-refractivity contribution is 7.15. The Hall–Kier alpha value is -2.99. The second kappa shape index (κ2) is 6.38. The van der Waals surface area contributed by atoms with Crippen molar-refractivity contribution in [3.8, 4) is 10.6 Å². The number of hydrogen-bond donors (Lipinski definition) is 1. The van der Waals surface area contributed by atoms with Crippen LogP contribution < -0.4 is 5.32 Å². The molecule has 6 heteroatoms. The Labute approximate surface area is 154 Å². The summed E-state index contributed by atoms with van der Waals surface area (Å²) in [6.07, 6.45) is 0. The zero-order chi connectivity index (χ0) is 18.3. The number of rotatable bonds is 3. The normalized spacial score (nSPS) is 11.0. The predicted molar refractivity (Wildman–Crippen MR) is 104 cm³/mol. The summed E-state index contributed by atoms with van der Waals surface area (Å²) in [7, 11) is 0. The number of thiophene rings is 1. The Kier molecular flexibility index (Phi) is 4.05. The van der Waals surface area contributed by atoms with Crippen LogP contribution in [0.2, 0.25) is 0 Å². The minimum atomic E-state index is -0.201. The third kappa shape index (κ3) is 2.88. The number of carbonyl (C=O) groups excluding carboxylic acids is 1. The van der Waals surface area contributed by atoms with Gasteiger partial charge in [-0.05, 0) is 50.6 Å². The van der Waals surface area contributed by atoms with Crippen molar-refractivity contribution in [1.29, 1.82) is 0 Å². The fraction of sp³-hybridized carbons (Fsp3) is 0.150. The molecule has 1 aromatic carbocycles. The first-order valence-electron chi connectivity index (χ1n) is 8.24. The van der Waals surface area contributed by atoms with Gasteiger partial charge in [0.15, 0.2) is 0 Å². The second-order valence-electron chi connectivity index (χ2n) is 6.18. The van der Waals surface area contributed by atoms with Gasteiger partial charge >= 0.3 is 0 Å². The van der Waals surface area contributed by atoms with Crippen LogP contribution in [0.5, 0.6) is 0 Å². The number of aryl methyl sites for hydroxylation is 3. The smallest absolute Gasteiger partial charge is 0.259 e. The molecule has 0 radical (unpaired) electrons. The lowest BCUT2D eigenvalue weighted by Gasteiger charge is -2.09. The molecule has 26 heavy (non-hydrogen) atoms. The fourth-order valence-electron chi connectivity index (χ4n) is 2.88. The van der Waals surface area contributed by atoms with Crippen LogP contribution in [-0.4, -0.2) is 16.0 Å². The van der Waals surface area contributed by atoms with Crippen LogP contribution in [0.4, 0.5) is 5.69 Å². The van der Waals surface area contributed by atoms with E-state index in [1.165, 1.54) is 4.88 Å². The number of amides is 1. The van der Waals surface area contributed by atoms with Crippen molar-refractivity contribution in [1.82, 2.24) is 10.1 Å². The minimum Gasteiger partial charge on any atom is -0.335 e. The molecular weight excluding hydrogens is 346 g/mol. The van der Waals surface area contributed by atoms with Crippen LogP contribution >= 0.6 is 11.3 Å². The van der Waals surface area contributed by atoms with Crippen molar-refractivity contribution in [3.63, 3.8) is 0 Å². The van der Waals surface area contributed by atoms with Gasteiger partial charge in [-0.1, -0.05) is 23.4 Å². The van der Waals surface area contributed by atoms with E-state index in [2.05, 4.69) is 15.5 Å². The van der Waals surface area contributed by atoms with Gasteiger partial charge in [0.25, 0.3) is 11.6 Å². The lowest BCUT2D eigenvalue weighted by atomic mass is 10.1. The predicted octanol–water partition coefficient (Wildman–Crippen LogP) is 5.13. The Morgan fingerprint density at radius 3 is 2.65 bits per heavy atom. The average molecular weight is 363 g/mol. The highest BCUT2D eigenvalue weighted by atomic mass is 32.1. The molecule has 3 heterocycles. The third-order valence-electron chi connectivity index (χ3n) is 4.25. The van der Waals surface area contributed by atoms with Crippen molar-refractivity contribution in [3.05, 3.63) is 64.2 Å². The van der Waals surface area contributed by atoms with Crippen LogP contribution in [0.15, 0.2) is 47.0 Å². The SMILES string of the molecule is Cc1ccc(-c2cc(C(=O)Nc3ccccc3C)c3c(C)noc3n2)s1. The zero-order valence-electron chi connectivity index (χ0n) is 14.7. The van der Waals surface area contributed by atoms with Gasteiger partial charge in [-0.3, -0.25) is 4.79 Å². The monoisotopic (exact) mass is 363 g/mol. The molecule has 1 amide bonds. The Balaban J connectivity index is 1.83. The molecule has 0 spiro atoms. The molecule has 0 bridgehead atoms. The van der Waals surface area contributed by atoms with E-state index in [0.717, 1.165) is 16.1 Å². The average Bonchev–Trinajstić information content (AvgIpc) is 3.22. The molecule has 0 aliphatic rings. The molecule has 1 N–H and O–H groups in total.